The Hall–Kier alpha value is -3.16. The van der Waals surface area contributed by atoms with Crippen LogP contribution >= 0.6 is 0 Å². The molecule has 0 unspecified atom stereocenters. The van der Waals surface area contributed by atoms with Crippen LogP contribution in [0.1, 0.15) is 30.7 Å². The fraction of sp³-hybridized carbons (Fsp3) is 0.333. The molecule has 2 aromatic carbocycles. The van der Waals surface area contributed by atoms with Gasteiger partial charge in [0, 0.05) is 34.4 Å². The lowest BCUT2D eigenvalue weighted by Crippen LogP contribution is -2.34. The lowest BCUT2D eigenvalue weighted by Gasteiger charge is -2.07. The van der Waals surface area contributed by atoms with E-state index in [4.69, 9.17) is 20.1 Å². The van der Waals surface area contributed by atoms with E-state index in [-0.39, 0.29) is 13.2 Å². The summed E-state index contributed by atoms with van der Waals surface area (Å²) in [5, 5.41) is 15.4. The molecule has 0 saturated heterocycles. The zero-order valence-corrected chi connectivity index (χ0v) is 17.4. The van der Waals surface area contributed by atoms with E-state index in [1.54, 1.807) is 0 Å². The third kappa shape index (κ3) is 4.95. The van der Waals surface area contributed by atoms with Gasteiger partial charge in [-0.15, -0.1) is 0 Å². The number of carboxylic acids is 1. The number of unbranched alkanes of at least 4 members (excludes halogenated alkanes) is 2. The minimum atomic E-state index is -1.08. The molecule has 4 aromatic rings. The summed E-state index contributed by atoms with van der Waals surface area (Å²) in [5.74, 6) is -0.503. The third-order valence-corrected chi connectivity index (χ3v) is 5.46. The topological polar surface area (TPSA) is 104 Å². The van der Waals surface area contributed by atoms with Crippen molar-refractivity contribution < 1.29 is 19.2 Å². The predicted octanol–water partition coefficient (Wildman–Crippen LogP) is 4.12. The number of aryl methyl sites for hydroxylation is 2. The average Bonchev–Trinajstić information content (AvgIpc) is 3.36. The molecule has 3 N–H and O–H groups in total. The molecule has 0 spiro atoms. The Balaban J connectivity index is 1.25. The molecule has 7 heteroatoms. The first-order valence-electron chi connectivity index (χ1n) is 10.6. The van der Waals surface area contributed by atoms with Gasteiger partial charge in [0.05, 0.1) is 12.3 Å². The number of nitrogens with zero attached hydrogens (tertiary/aromatic N) is 2. The number of carbonyl (C=O) groups is 1. The van der Waals surface area contributed by atoms with Crippen LogP contribution in [0.3, 0.4) is 0 Å². The van der Waals surface area contributed by atoms with Gasteiger partial charge in [-0.25, -0.2) is 0 Å². The van der Waals surface area contributed by atoms with Crippen molar-refractivity contribution in [2.24, 2.45) is 5.73 Å². The second kappa shape index (κ2) is 9.76. The zero-order valence-electron chi connectivity index (χ0n) is 17.4. The maximum Gasteiger partial charge on any atom is 0.322 e. The summed E-state index contributed by atoms with van der Waals surface area (Å²) in [6.07, 6.45) is 4.04. The van der Waals surface area contributed by atoms with Gasteiger partial charge in [0.2, 0.25) is 0 Å². The second-order valence-electron chi connectivity index (χ2n) is 7.74. The Bertz CT molecular complexity index is 1110. The molecule has 0 fully saturated rings. The molecule has 7 nitrogen and oxygen atoms in total. The number of rotatable bonds is 11. The second-order valence-corrected chi connectivity index (χ2v) is 7.74. The summed E-state index contributed by atoms with van der Waals surface area (Å²) < 4.78 is 12.9. The fourth-order valence-electron chi connectivity index (χ4n) is 3.90. The van der Waals surface area contributed by atoms with E-state index in [1.807, 2.05) is 6.07 Å². The molecule has 4 rings (SSSR count). The zero-order chi connectivity index (χ0) is 21.6. The summed E-state index contributed by atoms with van der Waals surface area (Å²) in [6.45, 7) is 1.09. The molecule has 162 valence electrons. The highest BCUT2D eigenvalue weighted by Gasteiger charge is 2.12. The van der Waals surface area contributed by atoms with E-state index in [9.17, 15) is 4.79 Å². The standard InChI is InChI=1S/C24H27N3O4/c25-21(24(28)29)16-30-15-18-14-17(26-31-18)8-2-1-7-13-27-22-11-5-3-9-19(22)20-10-4-6-12-23(20)27/h3-6,9-12,14,21H,1-2,7-8,13,15-16,25H2,(H,28,29)/t21-/m0/s1. The Kier molecular flexibility index (Phi) is 6.64. The summed E-state index contributed by atoms with van der Waals surface area (Å²) in [7, 11) is 0. The van der Waals surface area contributed by atoms with Crippen molar-refractivity contribution in [3.63, 3.8) is 0 Å². The fourth-order valence-corrected chi connectivity index (χ4v) is 3.90. The summed E-state index contributed by atoms with van der Waals surface area (Å²) >= 11 is 0. The van der Waals surface area contributed by atoms with Crippen molar-refractivity contribution in [1.29, 1.82) is 0 Å². The first kappa shape index (κ1) is 21.1. The monoisotopic (exact) mass is 421 g/mol. The predicted molar refractivity (Wildman–Crippen MR) is 119 cm³/mol. The van der Waals surface area contributed by atoms with Crippen LogP contribution in [-0.2, 0) is 29.1 Å². The Morgan fingerprint density at radius 3 is 2.42 bits per heavy atom. The van der Waals surface area contributed by atoms with Crippen LogP contribution in [0, 0.1) is 0 Å². The van der Waals surface area contributed by atoms with Gasteiger partial charge >= 0.3 is 5.97 Å². The molecule has 1 atom stereocenters. The number of benzene rings is 2. The number of aromatic nitrogens is 2. The van der Waals surface area contributed by atoms with Gasteiger partial charge < -0.3 is 24.7 Å². The largest absolute Gasteiger partial charge is 0.480 e. The van der Waals surface area contributed by atoms with E-state index in [0.717, 1.165) is 37.9 Å². The van der Waals surface area contributed by atoms with Crippen molar-refractivity contribution in [2.45, 2.75) is 44.9 Å². The number of fused-ring (bicyclic) bond motifs is 3. The van der Waals surface area contributed by atoms with Crippen molar-refractivity contribution in [3.05, 3.63) is 66.1 Å². The first-order valence-corrected chi connectivity index (χ1v) is 10.6. The number of aliphatic carboxylic acids is 1. The van der Waals surface area contributed by atoms with Gasteiger partial charge in [-0.05, 0) is 31.4 Å². The summed E-state index contributed by atoms with van der Waals surface area (Å²) in [6, 6.07) is 18.0. The van der Waals surface area contributed by atoms with E-state index in [1.165, 1.54) is 21.8 Å². The van der Waals surface area contributed by atoms with Gasteiger partial charge in [-0.1, -0.05) is 48.0 Å². The third-order valence-electron chi connectivity index (χ3n) is 5.46. The molecule has 0 saturated carbocycles. The van der Waals surface area contributed by atoms with Crippen molar-refractivity contribution in [1.82, 2.24) is 9.72 Å². The van der Waals surface area contributed by atoms with Crippen LogP contribution in [-0.4, -0.2) is 33.4 Å². The molecule has 0 aliphatic rings. The number of hydrogen-bond acceptors (Lipinski definition) is 5. The number of para-hydroxylation sites is 2. The highest BCUT2D eigenvalue weighted by Crippen LogP contribution is 2.29. The summed E-state index contributed by atoms with van der Waals surface area (Å²) in [5.41, 5.74) is 8.86. The lowest BCUT2D eigenvalue weighted by atomic mass is 10.1. The van der Waals surface area contributed by atoms with E-state index < -0.39 is 12.0 Å². The normalized spacial score (nSPS) is 12.5. The van der Waals surface area contributed by atoms with Gasteiger partial charge in [0.25, 0.3) is 0 Å². The molecule has 0 radical (unpaired) electrons. The van der Waals surface area contributed by atoms with E-state index in [2.05, 4.69) is 58.3 Å². The van der Waals surface area contributed by atoms with Crippen LogP contribution in [0.25, 0.3) is 21.8 Å². The van der Waals surface area contributed by atoms with Crippen molar-refractivity contribution in [3.8, 4) is 0 Å². The number of carboxylic acid groups (broad SMARTS) is 1. The highest BCUT2D eigenvalue weighted by molar-refractivity contribution is 6.07. The van der Waals surface area contributed by atoms with Crippen molar-refractivity contribution in [2.75, 3.05) is 6.61 Å². The minimum absolute atomic E-state index is 0.0614. The van der Waals surface area contributed by atoms with Crippen molar-refractivity contribution >= 4 is 27.8 Å². The summed E-state index contributed by atoms with van der Waals surface area (Å²) in [4.78, 5) is 10.7. The van der Waals surface area contributed by atoms with Crippen LogP contribution in [0.5, 0.6) is 0 Å². The lowest BCUT2D eigenvalue weighted by molar-refractivity contribution is -0.140. The van der Waals surface area contributed by atoms with Gasteiger partial charge in [-0.3, -0.25) is 4.79 Å². The highest BCUT2D eigenvalue weighted by atomic mass is 16.5. The van der Waals surface area contributed by atoms with E-state index in [0.29, 0.717) is 5.76 Å². The number of ether oxygens (including phenoxy) is 1. The molecular formula is C24H27N3O4. The molecule has 0 bridgehead atoms. The number of nitrogens with two attached hydrogens (primary N) is 1. The van der Waals surface area contributed by atoms with Gasteiger partial charge in [-0.2, -0.15) is 0 Å². The van der Waals surface area contributed by atoms with Crippen LogP contribution in [0.2, 0.25) is 0 Å². The average molecular weight is 421 g/mol. The smallest absolute Gasteiger partial charge is 0.322 e. The van der Waals surface area contributed by atoms with Gasteiger partial charge in [0.1, 0.15) is 12.6 Å². The molecule has 0 aliphatic heterocycles. The molecule has 31 heavy (non-hydrogen) atoms. The van der Waals surface area contributed by atoms with Gasteiger partial charge in [0.15, 0.2) is 5.76 Å². The Labute approximate surface area is 180 Å². The maximum atomic E-state index is 10.7. The molecule has 0 amide bonds. The minimum Gasteiger partial charge on any atom is -0.480 e. The Morgan fingerprint density at radius 2 is 1.74 bits per heavy atom. The van der Waals surface area contributed by atoms with Crippen LogP contribution in [0.15, 0.2) is 59.1 Å². The molecule has 2 heterocycles. The first-order chi connectivity index (χ1) is 15.1. The Morgan fingerprint density at radius 1 is 1.06 bits per heavy atom. The molecular weight excluding hydrogens is 394 g/mol. The van der Waals surface area contributed by atoms with E-state index >= 15 is 0 Å². The van der Waals surface area contributed by atoms with Crippen LogP contribution < -0.4 is 5.73 Å². The molecule has 0 aliphatic carbocycles. The molecule has 2 aromatic heterocycles. The SMILES string of the molecule is N[C@@H](COCc1cc(CCCCCn2c3ccccc3c3ccccc32)no1)C(=O)O. The quantitative estimate of drug-likeness (QED) is 0.353. The van der Waals surface area contributed by atoms with Crippen LogP contribution in [0.4, 0.5) is 0 Å². The number of hydrogen-bond donors (Lipinski definition) is 2. The maximum absolute atomic E-state index is 10.7.